The van der Waals surface area contributed by atoms with Crippen molar-refractivity contribution in [1.82, 2.24) is 0 Å². The second-order valence-electron chi connectivity index (χ2n) is 3.01. The molecule has 0 aliphatic carbocycles. The van der Waals surface area contributed by atoms with Gasteiger partial charge in [-0.1, -0.05) is 37.0 Å². The van der Waals surface area contributed by atoms with Gasteiger partial charge in [0, 0.05) is 10.0 Å². The predicted octanol–water partition coefficient (Wildman–Crippen LogP) is 4.51. The maximum absolute atomic E-state index is 5.87. The standard InChI is InChI=1S/C10H12Cl2/c1-3-7(2)8-4-9(11)6-10(12)5-8/h4-7H,3H2,1-2H3/t7-/m0/s1. The highest BCUT2D eigenvalue weighted by Crippen LogP contribution is 2.25. The largest absolute Gasteiger partial charge is 0.0843 e. The highest BCUT2D eigenvalue weighted by atomic mass is 35.5. The van der Waals surface area contributed by atoms with Gasteiger partial charge in [-0.05, 0) is 36.1 Å². The van der Waals surface area contributed by atoms with Gasteiger partial charge in [0.15, 0.2) is 0 Å². The molecule has 0 aliphatic heterocycles. The lowest BCUT2D eigenvalue weighted by Gasteiger charge is -2.09. The van der Waals surface area contributed by atoms with Crippen LogP contribution in [0.15, 0.2) is 18.2 Å². The van der Waals surface area contributed by atoms with Crippen LogP contribution in [-0.4, -0.2) is 0 Å². The third kappa shape index (κ3) is 2.40. The van der Waals surface area contributed by atoms with Crippen LogP contribution in [0.3, 0.4) is 0 Å². The monoisotopic (exact) mass is 202 g/mol. The molecule has 12 heavy (non-hydrogen) atoms. The molecule has 0 amide bonds. The molecule has 0 bridgehead atoms. The Balaban J connectivity index is 3.00. The molecule has 0 spiro atoms. The van der Waals surface area contributed by atoms with E-state index in [1.54, 1.807) is 6.07 Å². The van der Waals surface area contributed by atoms with Gasteiger partial charge in [0.1, 0.15) is 0 Å². The van der Waals surface area contributed by atoms with Crippen LogP contribution >= 0.6 is 23.2 Å². The van der Waals surface area contributed by atoms with Crippen molar-refractivity contribution in [3.05, 3.63) is 33.8 Å². The first-order chi connectivity index (χ1) is 5.63. The van der Waals surface area contributed by atoms with Gasteiger partial charge in [0.2, 0.25) is 0 Å². The Hall–Kier alpha value is -0.200. The Kier molecular flexibility index (Phi) is 3.42. The van der Waals surface area contributed by atoms with Crippen LogP contribution in [0.2, 0.25) is 10.0 Å². The summed E-state index contributed by atoms with van der Waals surface area (Å²) in [4.78, 5) is 0. The molecule has 0 fully saturated rings. The van der Waals surface area contributed by atoms with E-state index in [9.17, 15) is 0 Å². The molecule has 0 unspecified atom stereocenters. The number of hydrogen-bond donors (Lipinski definition) is 0. The van der Waals surface area contributed by atoms with Gasteiger partial charge in [-0.2, -0.15) is 0 Å². The molecule has 1 aromatic carbocycles. The predicted molar refractivity (Wildman–Crippen MR) is 55.2 cm³/mol. The summed E-state index contributed by atoms with van der Waals surface area (Å²) in [6.45, 7) is 4.32. The summed E-state index contributed by atoms with van der Waals surface area (Å²) in [5, 5.41) is 1.44. The molecule has 1 aromatic rings. The van der Waals surface area contributed by atoms with Gasteiger partial charge in [0.25, 0.3) is 0 Å². The molecule has 0 N–H and O–H groups in total. The van der Waals surface area contributed by atoms with E-state index in [2.05, 4.69) is 13.8 Å². The van der Waals surface area contributed by atoms with Crippen LogP contribution in [0, 0.1) is 0 Å². The zero-order chi connectivity index (χ0) is 9.14. The lowest BCUT2D eigenvalue weighted by molar-refractivity contribution is 0.734. The molecule has 1 rings (SSSR count). The average molecular weight is 203 g/mol. The van der Waals surface area contributed by atoms with Crippen LogP contribution in [-0.2, 0) is 0 Å². The molecule has 0 saturated carbocycles. The van der Waals surface area contributed by atoms with E-state index in [1.165, 1.54) is 5.56 Å². The van der Waals surface area contributed by atoms with E-state index in [1.807, 2.05) is 12.1 Å². The summed E-state index contributed by atoms with van der Waals surface area (Å²) in [7, 11) is 0. The Morgan fingerprint density at radius 3 is 2.08 bits per heavy atom. The van der Waals surface area contributed by atoms with Crippen LogP contribution in [0.4, 0.5) is 0 Å². The van der Waals surface area contributed by atoms with E-state index >= 15 is 0 Å². The molecule has 66 valence electrons. The van der Waals surface area contributed by atoms with Crippen molar-refractivity contribution in [1.29, 1.82) is 0 Å². The topological polar surface area (TPSA) is 0 Å². The summed E-state index contributed by atoms with van der Waals surface area (Å²) >= 11 is 11.7. The first-order valence-electron chi connectivity index (χ1n) is 4.09. The van der Waals surface area contributed by atoms with Crippen molar-refractivity contribution in [2.45, 2.75) is 26.2 Å². The first kappa shape index (κ1) is 9.88. The van der Waals surface area contributed by atoms with Crippen LogP contribution in [0.5, 0.6) is 0 Å². The van der Waals surface area contributed by atoms with E-state index in [-0.39, 0.29) is 0 Å². The quantitative estimate of drug-likeness (QED) is 0.663. The molecule has 0 radical (unpaired) electrons. The minimum atomic E-state index is 0.529. The van der Waals surface area contributed by atoms with Crippen molar-refractivity contribution >= 4 is 23.2 Å². The summed E-state index contributed by atoms with van der Waals surface area (Å²) < 4.78 is 0. The van der Waals surface area contributed by atoms with Crippen LogP contribution < -0.4 is 0 Å². The Bertz CT molecular complexity index is 248. The fourth-order valence-corrected chi connectivity index (χ4v) is 1.64. The first-order valence-corrected chi connectivity index (χ1v) is 4.85. The average Bonchev–Trinajstić information content (AvgIpc) is 2.01. The molecule has 0 heterocycles. The fourth-order valence-electron chi connectivity index (χ4n) is 1.10. The van der Waals surface area contributed by atoms with Crippen molar-refractivity contribution in [3.63, 3.8) is 0 Å². The zero-order valence-electron chi connectivity index (χ0n) is 7.27. The van der Waals surface area contributed by atoms with E-state index in [4.69, 9.17) is 23.2 Å². The SMILES string of the molecule is CC[C@H](C)c1cc(Cl)cc(Cl)c1. The van der Waals surface area contributed by atoms with Gasteiger partial charge in [-0.3, -0.25) is 0 Å². The number of hydrogen-bond acceptors (Lipinski definition) is 0. The summed E-state index contributed by atoms with van der Waals surface area (Å²) in [6, 6.07) is 5.71. The van der Waals surface area contributed by atoms with E-state index in [0.29, 0.717) is 5.92 Å². The molecule has 2 heteroatoms. The van der Waals surface area contributed by atoms with Crippen LogP contribution in [0.25, 0.3) is 0 Å². The van der Waals surface area contributed by atoms with Gasteiger partial charge < -0.3 is 0 Å². The van der Waals surface area contributed by atoms with Gasteiger partial charge in [0.05, 0.1) is 0 Å². The second-order valence-corrected chi connectivity index (χ2v) is 3.88. The van der Waals surface area contributed by atoms with E-state index < -0.39 is 0 Å². The zero-order valence-corrected chi connectivity index (χ0v) is 8.78. The fraction of sp³-hybridized carbons (Fsp3) is 0.400. The van der Waals surface area contributed by atoms with Gasteiger partial charge in [-0.25, -0.2) is 0 Å². The minimum Gasteiger partial charge on any atom is -0.0843 e. The minimum absolute atomic E-state index is 0.529. The van der Waals surface area contributed by atoms with Crippen molar-refractivity contribution in [3.8, 4) is 0 Å². The van der Waals surface area contributed by atoms with Crippen molar-refractivity contribution < 1.29 is 0 Å². The lowest BCUT2D eigenvalue weighted by atomic mass is 9.99. The maximum Gasteiger partial charge on any atom is 0.0423 e. The summed E-state index contributed by atoms with van der Waals surface area (Å²) in [6.07, 6.45) is 1.11. The summed E-state index contributed by atoms with van der Waals surface area (Å²) in [5.41, 5.74) is 1.22. The highest BCUT2D eigenvalue weighted by Gasteiger charge is 2.04. The number of halogens is 2. The third-order valence-electron chi connectivity index (χ3n) is 2.07. The molecule has 0 saturated heterocycles. The van der Waals surface area contributed by atoms with Crippen molar-refractivity contribution in [2.24, 2.45) is 0 Å². The van der Waals surface area contributed by atoms with Crippen molar-refractivity contribution in [2.75, 3.05) is 0 Å². The summed E-state index contributed by atoms with van der Waals surface area (Å²) in [5.74, 6) is 0.529. The lowest BCUT2D eigenvalue weighted by Crippen LogP contribution is -1.90. The molecular weight excluding hydrogens is 191 g/mol. The molecule has 0 aliphatic rings. The smallest absolute Gasteiger partial charge is 0.0423 e. The molecule has 1 atom stereocenters. The third-order valence-corrected chi connectivity index (χ3v) is 2.50. The number of rotatable bonds is 2. The molecular formula is C10H12Cl2. The Labute approximate surface area is 83.5 Å². The second kappa shape index (κ2) is 4.15. The van der Waals surface area contributed by atoms with E-state index in [0.717, 1.165) is 16.5 Å². The van der Waals surface area contributed by atoms with Gasteiger partial charge in [-0.15, -0.1) is 0 Å². The van der Waals surface area contributed by atoms with Gasteiger partial charge >= 0.3 is 0 Å². The number of benzene rings is 1. The Morgan fingerprint density at radius 2 is 1.67 bits per heavy atom. The Morgan fingerprint density at radius 1 is 1.17 bits per heavy atom. The van der Waals surface area contributed by atoms with Crippen LogP contribution in [0.1, 0.15) is 31.7 Å². The molecule has 0 nitrogen and oxygen atoms in total. The molecule has 0 aromatic heterocycles. The maximum atomic E-state index is 5.87. The normalized spacial score (nSPS) is 13.0. The highest BCUT2D eigenvalue weighted by molar-refractivity contribution is 6.34.